The topological polar surface area (TPSA) is 58.6 Å². The standard InChI is InChI=1S/C25H34N2O3/c1-6-15-26-25(29)20(5)27(16-21-12-8-7-11-19(21)4)24(28)17-30-23-14-10-9-13-22(23)18(2)3/h7-14,18,20H,6,15-17H2,1-5H3,(H,26,29). The zero-order chi connectivity index (χ0) is 22.1. The number of ether oxygens (including phenoxy) is 1. The summed E-state index contributed by atoms with van der Waals surface area (Å²) in [6.45, 7) is 10.8. The maximum atomic E-state index is 13.2. The second-order valence-corrected chi connectivity index (χ2v) is 7.90. The van der Waals surface area contributed by atoms with Crippen molar-refractivity contribution < 1.29 is 14.3 Å². The van der Waals surface area contributed by atoms with Crippen LogP contribution in [0.2, 0.25) is 0 Å². The van der Waals surface area contributed by atoms with Gasteiger partial charge >= 0.3 is 0 Å². The molecule has 30 heavy (non-hydrogen) atoms. The van der Waals surface area contributed by atoms with Gasteiger partial charge in [-0.25, -0.2) is 0 Å². The molecule has 0 spiro atoms. The zero-order valence-electron chi connectivity index (χ0n) is 18.8. The van der Waals surface area contributed by atoms with Crippen LogP contribution in [0.1, 0.15) is 56.7 Å². The van der Waals surface area contributed by atoms with E-state index < -0.39 is 6.04 Å². The molecular formula is C25H34N2O3. The van der Waals surface area contributed by atoms with E-state index >= 15 is 0 Å². The number of hydrogen-bond acceptors (Lipinski definition) is 3. The van der Waals surface area contributed by atoms with Crippen molar-refractivity contribution >= 4 is 11.8 Å². The number of para-hydroxylation sites is 1. The molecule has 2 aromatic rings. The Morgan fingerprint density at radius 1 is 1.03 bits per heavy atom. The molecule has 0 saturated heterocycles. The van der Waals surface area contributed by atoms with E-state index in [9.17, 15) is 9.59 Å². The largest absolute Gasteiger partial charge is 0.483 e. The summed E-state index contributed by atoms with van der Waals surface area (Å²) in [7, 11) is 0. The highest BCUT2D eigenvalue weighted by Gasteiger charge is 2.27. The average molecular weight is 411 g/mol. The molecule has 0 aliphatic heterocycles. The van der Waals surface area contributed by atoms with Gasteiger partial charge in [-0.15, -0.1) is 0 Å². The van der Waals surface area contributed by atoms with Gasteiger partial charge in [0, 0.05) is 13.1 Å². The third-order valence-electron chi connectivity index (χ3n) is 5.21. The van der Waals surface area contributed by atoms with E-state index in [1.165, 1.54) is 0 Å². The molecule has 0 saturated carbocycles. The van der Waals surface area contributed by atoms with E-state index in [4.69, 9.17) is 4.74 Å². The van der Waals surface area contributed by atoms with Crippen LogP contribution in [0.25, 0.3) is 0 Å². The van der Waals surface area contributed by atoms with Crippen LogP contribution in [0, 0.1) is 6.92 Å². The molecular weight excluding hydrogens is 376 g/mol. The van der Waals surface area contributed by atoms with Crippen molar-refractivity contribution in [2.24, 2.45) is 0 Å². The summed E-state index contributed by atoms with van der Waals surface area (Å²) in [5.41, 5.74) is 3.16. The fourth-order valence-electron chi connectivity index (χ4n) is 3.26. The summed E-state index contributed by atoms with van der Waals surface area (Å²) >= 11 is 0. The molecule has 0 radical (unpaired) electrons. The van der Waals surface area contributed by atoms with Crippen molar-refractivity contribution in [3.05, 3.63) is 65.2 Å². The van der Waals surface area contributed by atoms with Gasteiger partial charge in [-0.3, -0.25) is 9.59 Å². The minimum Gasteiger partial charge on any atom is -0.483 e. The highest BCUT2D eigenvalue weighted by molar-refractivity contribution is 5.88. The van der Waals surface area contributed by atoms with Gasteiger partial charge in [0.25, 0.3) is 5.91 Å². The lowest BCUT2D eigenvalue weighted by Crippen LogP contribution is -2.49. The number of carbonyl (C=O) groups excluding carboxylic acids is 2. The van der Waals surface area contributed by atoms with Crippen LogP contribution in [0.4, 0.5) is 0 Å². The first-order valence-electron chi connectivity index (χ1n) is 10.7. The van der Waals surface area contributed by atoms with Crippen LogP contribution in [0.5, 0.6) is 5.75 Å². The van der Waals surface area contributed by atoms with Gasteiger partial charge in [0.05, 0.1) is 0 Å². The van der Waals surface area contributed by atoms with Crippen LogP contribution < -0.4 is 10.1 Å². The summed E-state index contributed by atoms with van der Waals surface area (Å²) in [6, 6.07) is 15.1. The number of amides is 2. The molecule has 1 N–H and O–H groups in total. The second-order valence-electron chi connectivity index (χ2n) is 7.90. The van der Waals surface area contributed by atoms with Crippen LogP contribution in [-0.4, -0.2) is 35.9 Å². The molecule has 0 heterocycles. The van der Waals surface area contributed by atoms with Gasteiger partial charge in [0.1, 0.15) is 11.8 Å². The number of benzene rings is 2. The zero-order valence-corrected chi connectivity index (χ0v) is 18.8. The first-order valence-corrected chi connectivity index (χ1v) is 10.7. The molecule has 1 unspecified atom stereocenters. The number of carbonyl (C=O) groups is 2. The van der Waals surface area contributed by atoms with Crippen LogP contribution in [0.15, 0.2) is 48.5 Å². The molecule has 5 heteroatoms. The van der Waals surface area contributed by atoms with Gasteiger partial charge in [-0.2, -0.15) is 0 Å². The summed E-state index contributed by atoms with van der Waals surface area (Å²) in [5.74, 6) is 0.634. The van der Waals surface area contributed by atoms with E-state index in [0.29, 0.717) is 18.8 Å². The Balaban J connectivity index is 2.19. The molecule has 2 rings (SSSR count). The highest BCUT2D eigenvalue weighted by atomic mass is 16.5. The molecule has 0 bridgehead atoms. The quantitative estimate of drug-likeness (QED) is 0.630. The molecule has 0 aromatic heterocycles. The smallest absolute Gasteiger partial charge is 0.261 e. The van der Waals surface area contributed by atoms with Crippen LogP contribution in [0.3, 0.4) is 0 Å². The van der Waals surface area contributed by atoms with Crippen LogP contribution in [-0.2, 0) is 16.1 Å². The lowest BCUT2D eigenvalue weighted by atomic mass is 10.0. The fourth-order valence-corrected chi connectivity index (χ4v) is 3.26. The Hall–Kier alpha value is -2.82. The van der Waals surface area contributed by atoms with E-state index in [0.717, 1.165) is 23.1 Å². The van der Waals surface area contributed by atoms with E-state index in [1.54, 1.807) is 11.8 Å². The number of aryl methyl sites for hydroxylation is 1. The minimum absolute atomic E-state index is 0.110. The second kappa shape index (κ2) is 11.4. The van der Waals surface area contributed by atoms with Crippen molar-refractivity contribution in [2.45, 2.75) is 59.5 Å². The van der Waals surface area contributed by atoms with Crippen molar-refractivity contribution in [2.75, 3.05) is 13.2 Å². The average Bonchev–Trinajstić information content (AvgIpc) is 2.74. The summed E-state index contributed by atoms with van der Waals surface area (Å²) in [6.07, 6.45) is 0.847. The van der Waals surface area contributed by atoms with E-state index in [-0.39, 0.29) is 24.3 Å². The molecule has 162 valence electrons. The van der Waals surface area contributed by atoms with Crippen molar-refractivity contribution in [3.8, 4) is 5.75 Å². The monoisotopic (exact) mass is 410 g/mol. The third-order valence-corrected chi connectivity index (χ3v) is 5.21. The van der Waals surface area contributed by atoms with Crippen LogP contribution >= 0.6 is 0 Å². The van der Waals surface area contributed by atoms with Gasteiger partial charge in [-0.1, -0.05) is 63.2 Å². The number of hydrogen-bond donors (Lipinski definition) is 1. The number of rotatable bonds is 10. The van der Waals surface area contributed by atoms with E-state index in [2.05, 4.69) is 19.2 Å². The molecule has 1 atom stereocenters. The minimum atomic E-state index is -0.590. The first kappa shape index (κ1) is 23.5. The molecule has 0 fully saturated rings. The lowest BCUT2D eigenvalue weighted by Gasteiger charge is -2.29. The Morgan fingerprint density at radius 2 is 1.70 bits per heavy atom. The Kier molecular flexibility index (Phi) is 8.90. The molecule has 5 nitrogen and oxygen atoms in total. The maximum Gasteiger partial charge on any atom is 0.261 e. The summed E-state index contributed by atoms with van der Waals surface area (Å²) in [4.78, 5) is 27.4. The van der Waals surface area contributed by atoms with Crippen molar-refractivity contribution in [1.82, 2.24) is 10.2 Å². The maximum absolute atomic E-state index is 13.2. The van der Waals surface area contributed by atoms with Gasteiger partial charge in [-0.05, 0) is 48.9 Å². The van der Waals surface area contributed by atoms with Gasteiger partial charge < -0.3 is 15.0 Å². The lowest BCUT2D eigenvalue weighted by molar-refractivity contribution is -0.142. The Labute approximate surface area is 180 Å². The summed E-state index contributed by atoms with van der Waals surface area (Å²) in [5, 5.41) is 2.89. The predicted octanol–water partition coefficient (Wildman–Crippen LogP) is 4.44. The number of nitrogens with one attached hydrogen (secondary N) is 1. The van der Waals surface area contributed by atoms with E-state index in [1.807, 2.05) is 62.4 Å². The van der Waals surface area contributed by atoms with Gasteiger partial charge in [0.15, 0.2) is 6.61 Å². The third kappa shape index (κ3) is 6.34. The van der Waals surface area contributed by atoms with Crippen molar-refractivity contribution in [3.63, 3.8) is 0 Å². The fraction of sp³-hybridized carbons (Fsp3) is 0.440. The number of nitrogens with zero attached hydrogens (tertiary/aromatic N) is 1. The first-order chi connectivity index (χ1) is 14.3. The molecule has 2 amide bonds. The molecule has 2 aromatic carbocycles. The SMILES string of the molecule is CCCNC(=O)C(C)N(Cc1ccccc1C)C(=O)COc1ccccc1C(C)C. The highest BCUT2D eigenvalue weighted by Crippen LogP contribution is 2.26. The Bertz CT molecular complexity index is 848. The molecule has 0 aliphatic rings. The Morgan fingerprint density at radius 3 is 2.37 bits per heavy atom. The normalized spacial score (nSPS) is 11.8. The van der Waals surface area contributed by atoms with Gasteiger partial charge in [0.2, 0.25) is 5.91 Å². The summed E-state index contributed by atoms with van der Waals surface area (Å²) < 4.78 is 5.90. The molecule has 0 aliphatic carbocycles. The van der Waals surface area contributed by atoms with Crippen molar-refractivity contribution in [1.29, 1.82) is 0 Å². The predicted molar refractivity (Wildman–Crippen MR) is 121 cm³/mol.